The van der Waals surface area contributed by atoms with Crippen molar-refractivity contribution in [2.45, 2.75) is 6.61 Å². The van der Waals surface area contributed by atoms with Gasteiger partial charge in [0, 0.05) is 20.6 Å². The van der Waals surface area contributed by atoms with E-state index in [1.165, 1.54) is 0 Å². The lowest BCUT2D eigenvalue weighted by Crippen LogP contribution is -2.15. The Morgan fingerprint density at radius 3 is 2.46 bits per heavy atom. The van der Waals surface area contributed by atoms with Gasteiger partial charge in [-0.3, -0.25) is 4.79 Å². The average Bonchev–Trinajstić information content (AvgIpc) is 2.71. The topological polar surface area (TPSA) is 52.6 Å². The molecule has 0 bridgehead atoms. The van der Waals surface area contributed by atoms with Crippen LogP contribution in [-0.2, 0) is 11.3 Å². The minimum atomic E-state index is -0.627. The molecule has 28 heavy (non-hydrogen) atoms. The van der Waals surface area contributed by atoms with Gasteiger partial charge in [-0.15, -0.1) is 0 Å². The van der Waals surface area contributed by atoms with Gasteiger partial charge in [0.05, 0.1) is 0 Å². The van der Waals surface area contributed by atoms with Crippen molar-refractivity contribution in [2.24, 2.45) is 0 Å². The SMILES string of the molecule is O=C(COC(=O)c1ccccc1OCc1ccccc1Cl)c1cccc(Br)c1. The van der Waals surface area contributed by atoms with E-state index in [0.717, 1.165) is 10.0 Å². The molecule has 0 atom stereocenters. The van der Waals surface area contributed by atoms with Gasteiger partial charge < -0.3 is 9.47 Å². The highest BCUT2D eigenvalue weighted by molar-refractivity contribution is 9.10. The molecule has 3 rings (SSSR count). The molecule has 0 amide bonds. The molecular weight excluding hydrogens is 444 g/mol. The summed E-state index contributed by atoms with van der Waals surface area (Å²) in [6, 6.07) is 20.9. The maximum atomic E-state index is 12.5. The molecule has 0 fully saturated rings. The number of benzene rings is 3. The smallest absolute Gasteiger partial charge is 0.342 e. The molecule has 0 heterocycles. The summed E-state index contributed by atoms with van der Waals surface area (Å²) in [5, 5.41) is 0.585. The van der Waals surface area contributed by atoms with Gasteiger partial charge in [-0.1, -0.05) is 70.0 Å². The molecule has 0 aromatic heterocycles. The maximum absolute atomic E-state index is 12.5. The summed E-state index contributed by atoms with van der Waals surface area (Å²) in [4.78, 5) is 24.7. The predicted octanol–water partition coefficient (Wildman–Crippen LogP) is 5.72. The number of halogens is 2. The zero-order valence-electron chi connectivity index (χ0n) is 14.7. The normalized spacial score (nSPS) is 10.4. The maximum Gasteiger partial charge on any atom is 0.342 e. The Bertz CT molecular complexity index is 1000. The highest BCUT2D eigenvalue weighted by atomic mass is 79.9. The molecule has 3 aromatic rings. The first-order valence-corrected chi connectivity index (χ1v) is 9.63. The minimum absolute atomic E-state index is 0.209. The van der Waals surface area contributed by atoms with Crippen LogP contribution in [0.3, 0.4) is 0 Å². The van der Waals surface area contributed by atoms with Crippen LogP contribution in [0.1, 0.15) is 26.3 Å². The fourth-order valence-corrected chi connectivity index (χ4v) is 3.08. The summed E-state index contributed by atoms with van der Waals surface area (Å²) < 4.78 is 11.7. The quantitative estimate of drug-likeness (QED) is 0.335. The molecule has 0 aliphatic rings. The van der Waals surface area contributed by atoms with E-state index < -0.39 is 5.97 Å². The highest BCUT2D eigenvalue weighted by Crippen LogP contribution is 2.23. The van der Waals surface area contributed by atoms with Crippen LogP contribution in [0, 0.1) is 0 Å². The van der Waals surface area contributed by atoms with Crippen LogP contribution in [0.25, 0.3) is 0 Å². The first-order valence-electron chi connectivity index (χ1n) is 8.45. The van der Waals surface area contributed by atoms with Crippen LogP contribution in [0.4, 0.5) is 0 Å². The highest BCUT2D eigenvalue weighted by Gasteiger charge is 2.16. The van der Waals surface area contributed by atoms with Crippen molar-refractivity contribution in [3.8, 4) is 5.75 Å². The predicted molar refractivity (Wildman–Crippen MR) is 111 cm³/mol. The van der Waals surface area contributed by atoms with Crippen molar-refractivity contribution in [3.63, 3.8) is 0 Å². The van der Waals surface area contributed by atoms with E-state index in [-0.39, 0.29) is 24.6 Å². The third-order valence-corrected chi connectivity index (χ3v) is 4.79. The lowest BCUT2D eigenvalue weighted by molar-refractivity contribution is 0.0470. The van der Waals surface area contributed by atoms with E-state index in [4.69, 9.17) is 21.1 Å². The number of para-hydroxylation sites is 1. The third kappa shape index (κ3) is 5.21. The summed E-state index contributed by atoms with van der Waals surface area (Å²) in [5.41, 5.74) is 1.51. The zero-order chi connectivity index (χ0) is 19.9. The molecular formula is C22H16BrClO4. The molecule has 0 spiro atoms. The molecule has 0 unspecified atom stereocenters. The van der Waals surface area contributed by atoms with Crippen molar-refractivity contribution >= 4 is 39.3 Å². The second kappa shape index (κ2) is 9.53. The second-order valence-electron chi connectivity index (χ2n) is 5.89. The standard InChI is InChI=1S/C22H16BrClO4/c23-17-8-5-7-15(12-17)20(25)14-28-22(26)18-9-2-4-11-21(18)27-13-16-6-1-3-10-19(16)24/h1-12H,13-14H2. The summed E-state index contributed by atoms with van der Waals surface area (Å²) >= 11 is 9.45. The average molecular weight is 460 g/mol. The molecule has 4 nitrogen and oxygen atoms in total. The van der Waals surface area contributed by atoms with Crippen LogP contribution in [0.5, 0.6) is 5.75 Å². The van der Waals surface area contributed by atoms with E-state index >= 15 is 0 Å². The molecule has 0 N–H and O–H groups in total. The van der Waals surface area contributed by atoms with Crippen molar-refractivity contribution in [1.82, 2.24) is 0 Å². The van der Waals surface area contributed by atoms with Crippen molar-refractivity contribution in [1.29, 1.82) is 0 Å². The molecule has 0 aliphatic carbocycles. The van der Waals surface area contributed by atoms with E-state index in [9.17, 15) is 9.59 Å². The van der Waals surface area contributed by atoms with Gasteiger partial charge in [0.1, 0.15) is 17.9 Å². The lowest BCUT2D eigenvalue weighted by Gasteiger charge is -2.12. The molecule has 0 saturated heterocycles. The number of esters is 1. The Kier molecular flexibility index (Phi) is 6.85. The van der Waals surface area contributed by atoms with Crippen LogP contribution in [-0.4, -0.2) is 18.4 Å². The van der Waals surface area contributed by atoms with Gasteiger partial charge in [-0.05, 0) is 30.3 Å². The van der Waals surface area contributed by atoms with Gasteiger partial charge in [-0.25, -0.2) is 4.79 Å². The molecule has 0 aliphatic heterocycles. The van der Waals surface area contributed by atoms with E-state index in [2.05, 4.69) is 15.9 Å². The second-order valence-corrected chi connectivity index (χ2v) is 7.21. The van der Waals surface area contributed by atoms with E-state index in [1.54, 1.807) is 48.5 Å². The Labute approximate surface area is 176 Å². The Morgan fingerprint density at radius 1 is 0.929 bits per heavy atom. The van der Waals surface area contributed by atoms with Gasteiger partial charge in [0.25, 0.3) is 0 Å². The van der Waals surface area contributed by atoms with Gasteiger partial charge in [0.15, 0.2) is 12.4 Å². The monoisotopic (exact) mass is 458 g/mol. The number of carbonyl (C=O) groups is 2. The lowest BCUT2D eigenvalue weighted by atomic mass is 10.1. The zero-order valence-corrected chi connectivity index (χ0v) is 17.1. The van der Waals surface area contributed by atoms with Crippen LogP contribution in [0.15, 0.2) is 77.3 Å². The Morgan fingerprint density at radius 2 is 1.68 bits per heavy atom. The fraction of sp³-hybridized carbons (Fsp3) is 0.0909. The number of ketones is 1. The Balaban J connectivity index is 1.65. The molecule has 3 aromatic carbocycles. The van der Waals surface area contributed by atoms with Gasteiger partial charge >= 0.3 is 5.97 Å². The van der Waals surface area contributed by atoms with Crippen molar-refractivity contribution in [3.05, 3.63) is 99.0 Å². The van der Waals surface area contributed by atoms with E-state index in [1.807, 2.05) is 24.3 Å². The van der Waals surface area contributed by atoms with Crippen LogP contribution in [0.2, 0.25) is 5.02 Å². The molecule has 6 heteroatoms. The molecule has 0 radical (unpaired) electrons. The van der Waals surface area contributed by atoms with Gasteiger partial charge in [0.2, 0.25) is 0 Å². The first-order chi connectivity index (χ1) is 13.5. The Hall–Kier alpha value is -2.63. The van der Waals surface area contributed by atoms with Crippen molar-refractivity contribution in [2.75, 3.05) is 6.61 Å². The summed E-state index contributed by atoms with van der Waals surface area (Å²) in [6.45, 7) is -0.144. The number of hydrogen-bond acceptors (Lipinski definition) is 4. The molecule has 0 saturated carbocycles. The van der Waals surface area contributed by atoms with Crippen molar-refractivity contribution < 1.29 is 19.1 Å². The third-order valence-electron chi connectivity index (χ3n) is 3.93. The largest absolute Gasteiger partial charge is 0.488 e. The summed E-state index contributed by atoms with van der Waals surface area (Å²) in [5.74, 6) is -0.551. The number of carbonyl (C=O) groups excluding carboxylic acids is 2. The summed E-state index contributed by atoms with van der Waals surface area (Å²) in [7, 11) is 0. The first kappa shape index (κ1) is 20.1. The number of rotatable bonds is 7. The number of ether oxygens (including phenoxy) is 2. The molecule has 142 valence electrons. The summed E-state index contributed by atoms with van der Waals surface area (Å²) in [6.07, 6.45) is 0. The van der Waals surface area contributed by atoms with Crippen LogP contribution >= 0.6 is 27.5 Å². The minimum Gasteiger partial charge on any atom is -0.488 e. The van der Waals surface area contributed by atoms with E-state index in [0.29, 0.717) is 16.3 Å². The van der Waals surface area contributed by atoms with Crippen LogP contribution < -0.4 is 4.74 Å². The number of hydrogen-bond donors (Lipinski definition) is 0. The van der Waals surface area contributed by atoms with Gasteiger partial charge in [-0.2, -0.15) is 0 Å². The fourth-order valence-electron chi connectivity index (χ4n) is 2.49. The number of Topliss-reactive ketones (excluding diaryl/α,β-unsaturated/α-hetero) is 1.